The lowest BCUT2D eigenvalue weighted by Gasteiger charge is -2.02. The summed E-state index contributed by atoms with van der Waals surface area (Å²) in [4.78, 5) is 11.3. The maximum atomic E-state index is 11.3. The van der Waals surface area contributed by atoms with Gasteiger partial charge in [0.2, 0.25) is 0 Å². The lowest BCUT2D eigenvalue weighted by Crippen LogP contribution is -2.17. The highest BCUT2D eigenvalue weighted by Gasteiger charge is 2.05. The van der Waals surface area contributed by atoms with Crippen molar-refractivity contribution in [2.45, 2.75) is 6.54 Å². The molecule has 2 rings (SSSR count). The minimum atomic E-state index is -0.351. The van der Waals surface area contributed by atoms with E-state index < -0.39 is 0 Å². The van der Waals surface area contributed by atoms with Crippen LogP contribution in [-0.2, 0) is 13.6 Å². The first-order valence-electron chi connectivity index (χ1n) is 5.12. The van der Waals surface area contributed by atoms with Crippen LogP contribution in [0.3, 0.4) is 0 Å². The van der Waals surface area contributed by atoms with Crippen LogP contribution in [0.2, 0.25) is 0 Å². The molecule has 5 heteroatoms. The summed E-state index contributed by atoms with van der Waals surface area (Å²) in [5.41, 5.74) is 2.40. The summed E-state index contributed by atoms with van der Waals surface area (Å²) in [6.45, 7) is 1.31. The lowest BCUT2D eigenvalue weighted by atomic mass is 10.2. The number of aliphatic hydroxyl groups is 1. The van der Waals surface area contributed by atoms with Gasteiger partial charge in [-0.1, -0.05) is 6.07 Å². The Morgan fingerprint density at radius 2 is 2.31 bits per heavy atom. The second kappa shape index (κ2) is 4.51. The van der Waals surface area contributed by atoms with Crippen molar-refractivity contribution in [1.29, 1.82) is 0 Å². The Bertz CT molecular complexity index is 542. The van der Waals surface area contributed by atoms with E-state index in [0.717, 1.165) is 11.1 Å². The Labute approximate surface area is 92.3 Å². The van der Waals surface area contributed by atoms with Crippen LogP contribution in [0.15, 0.2) is 27.4 Å². The fourth-order valence-corrected chi connectivity index (χ4v) is 1.60. The number of oxazole rings is 1. The van der Waals surface area contributed by atoms with Gasteiger partial charge in [-0.15, -0.1) is 0 Å². The van der Waals surface area contributed by atoms with Gasteiger partial charge in [0.25, 0.3) is 0 Å². The van der Waals surface area contributed by atoms with E-state index >= 15 is 0 Å². The first-order valence-corrected chi connectivity index (χ1v) is 5.12. The molecule has 86 valence electrons. The smallest absolute Gasteiger partial charge is 0.408 e. The van der Waals surface area contributed by atoms with Crippen molar-refractivity contribution in [2.75, 3.05) is 13.2 Å². The highest BCUT2D eigenvalue weighted by atomic mass is 16.4. The van der Waals surface area contributed by atoms with Crippen molar-refractivity contribution in [2.24, 2.45) is 7.05 Å². The first kappa shape index (κ1) is 10.9. The van der Waals surface area contributed by atoms with E-state index in [1.54, 1.807) is 7.05 Å². The molecule has 0 amide bonds. The van der Waals surface area contributed by atoms with Crippen molar-refractivity contribution in [1.82, 2.24) is 9.88 Å². The number of nitrogens with zero attached hydrogens (tertiary/aromatic N) is 1. The summed E-state index contributed by atoms with van der Waals surface area (Å²) in [7, 11) is 1.68. The second-order valence-corrected chi connectivity index (χ2v) is 3.63. The number of rotatable bonds is 4. The monoisotopic (exact) mass is 222 g/mol. The van der Waals surface area contributed by atoms with E-state index in [0.29, 0.717) is 18.7 Å². The molecule has 0 aliphatic heterocycles. The molecule has 0 radical (unpaired) electrons. The number of benzene rings is 1. The number of aryl methyl sites for hydroxylation is 1. The SMILES string of the molecule is Cn1c(=O)oc2cc(CNCCO)ccc21. The highest BCUT2D eigenvalue weighted by molar-refractivity contribution is 5.73. The zero-order chi connectivity index (χ0) is 11.5. The van der Waals surface area contributed by atoms with Gasteiger partial charge < -0.3 is 14.8 Å². The third-order valence-electron chi connectivity index (χ3n) is 2.47. The third-order valence-corrected chi connectivity index (χ3v) is 2.47. The molecule has 0 atom stereocenters. The van der Waals surface area contributed by atoms with E-state index in [9.17, 15) is 4.79 Å². The number of hydrogen-bond acceptors (Lipinski definition) is 4. The summed E-state index contributed by atoms with van der Waals surface area (Å²) in [5.74, 6) is -0.351. The fraction of sp³-hybridized carbons (Fsp3) is 0.364. The standard InChI is InChI=1S/C11H14N2O3/c1-13-9-3-2-8(7-12-4-5-14)6-10(9)16-11(13)15/h2-3,6,12,14H,4-5,7H2,1H3. The van der Waals surface area contributed by atoms with Gasteiger partial charge in [0, 0.05) is 20.1 Å². The van der Waals surface area contributed by atoms with Gasteiger partial charge in [0.15, 0.2) is 5.58 Å². The van der Waals surface area contributed by atoms with Crippen molar-refractivity contribution in [3.05, 3.63) is 34.3 Å². The van der Waals surface area contributed by atoms with Crippen molar-refractivity contribution in [3.63, 3.8) is 0 Å². The first-order chi connectivity index (χ1) is 7.72. The van der Waals surface area contributed by atoms with E-state index in [-0.39, 0.29) is 12.4 Å². The molecule has 0 aliphatic rings. The number of nitrogens with one attached hydrogen (secondary N) is 1. The molecule has 0 bridgehead atoms. The minimum absolute atomic E-state index is 0.114. The second-order valence-electron chi connectivity index (χ2n) is 3.63. The van der Waals surface area contributed by atoms with E-state index in [1.807, 2.05) is 18.2 Å². The van der Waals surface area contributed by atoms with E-state index in [1.165, 1.54) is 4.57 Å². The Hall–Kier alpha value is -1.59. The molecule has 0 spiro atoms. The van der Waals surface area contributed by atoms with Crippen LogP contribution in [0.5, 0.6) is 0 Å². The predicted octanol–water partition coefficient (Wildman–Crippen LogP) is 0.213. The Balaban J connectivity index is 2.27. The average Bonchev–Trinajstić information content (AvgIpc) is 2.55. The molecule has 0 unspecified atom stereocenters. The highest BCUT2D eigenvalue weighted by Crippen LogP contribution is 2.13. The Morgan fingerprint density at radius 3 is 3.06 bits per heavy atom. The molecule has 0 saturated heterocycles. The van der Waals surface area contributed by atoms with Gasteiger partial charge in [0.05, 0.1) is 12.1 Å². The number of aromatic nitrogens is 1. The topological polar surface area (TPSA) is 67.4 Å². The summed E-state index contributed by atoms with van der Waals surface area (Å²) >= 11 is 0. The summed E-state index contributed by atoms with van der Waals surface area (Å²) in [5, 5.41) is 11.7. The Morgan fingerprint density at radius 1 is 1.50 bits per heavy atom. The van der Waals surface area contributed by atoms with Crippen LogP contribution in [-0.4, -0.2) is 22.8 Å². The molecule has 2 N–H and O–H groups in total. The molecule has 1 aromatic carbocycles. The number of fused-ring (bicyclic) bond motifs is 1. The third kappa shape index (κ3) is 2.00. The van der Waals surface area contributed by atoms with Gasteiger partial charge in [-0.2, -0.15) is 0 Å². The molecule has 5 nitrogen and oxygen atoms in total. The molecule has 0 aliphatic carbocycles. The molecule has 2 aromatic rings. The molecule has 1 aromatic heterocycles. The van der Waals surface area contributed by atoms with Crippen molar-refractivity contribution < 1.29 is 9.52 Å². The minimum Gasteiger partial charge on any atom is -0.408 e. The van der Waals surface area contributed by atoms with Crippen molar-refractivity contribution >= 4 is 11.1 Å². The van der Waals surface area contributed by atoms with E-state index in [4.69, 9.17) is 9.52 Å². The van der Waals surface area contributed by atoms with Gasteiger partial charge >= 0.3 is 5.76 Å². The van der Waals surface area contributed by atoms with Crippen LogP contribution in [0.25, 0.3) is 11.1 Å². The van der Waals surface area contributed by atoms with Crippen LogP contribution in [0, 0.1) is 0 Å². The lowest BCUT2D eigenvalue weighted by molar-refractivity contribution is 0.292. The molecular formula is C11H14N2O3. The maximum Gasteiger partial charge on any atom is 0.419 e. The van der Waals surface area contributed by atoms with Crippen LogP contribution < -0.4 is 11.1 Å². The van der Waals surface area contributed by atoms with Gasteiger partial charge in [-0.3, -0.25) is 4.57 Å². The quantitative estimate of drug-likeness (QED) is 0.726. The maximum absolute atomic E-state index is 11.3. The van der Waals surface area contributed by atoms with E-state index in [2.05, 4.69) is 5.32 Å². The molecule has 0 saturated carbocycles. The van der Waals surface area contributed by atoms with Crippen molar-refractivity contribution in [3.8, 4) is 0 Å². The predicted molar refractivity (Wildman–Crippen MR) is 60.2 cm³/mol. The summed E-state index contributed by atoms with van der Waals surface area (Å²) in [6, 6.07) is 5.62. The zero-order valence-electron chi connectivity index (χ0n) is 9.06. The van der Waals surface area contributed by atoms with Crippen LogP contribution in [0.1, 0.15) is 5.56 Å². The number of hydrogen-bond donors (Lipinski definition) is 2. The molecule has 16 heavy (non-hydrogen) atoms. The molecular weight excluding hydrogens is 208 g/mol. The summed E-state index contributed by atoms with van der Waals surface area (Å²) < 4.78 is 6.55. The summed E-state index contributed by atoms with van der Waals surface area (Å²) in [6.07, 6.45) is 0. The fourth-order valence-electron chi connectivity index (χ4n) is 1.60. The van der Waals surface area contributed by atoms with Crippen LogP contribution >= 0.6 is 0 Å². The van der Waals surface area contributed by atoms with Gasteiger partial charge in [-0.25, -0.2) is 4.79 Å². The average molecular weight is 222 g/mol. The molecule has 1 heterocycles. The zero-order valence-corrected chi connectivity index (χ0v) is 9.06. The molecule has 0 fully saturated rings. The Kier molecular flexibility index (Phi) is 3.07. The number of aliphatic hydroxyl groups excluding tert-OH is 1. The van der Waals surface area contributed by atoms with Gasteiger partial charge in [-0.05, 0) is 17.7 Å². The van der Waals surface area contributed by atoms with Gasteiger partial charge in [0.1, 0.15) is 0 Å². The largest absolute Gasteiger partial charge is 0.419 e. The normalized spacial score (nSPS) is 11.1. The van der Waals surface area contributed by atoms with Crippen LogP contribution in [0.4, 0.5) is 0 Å².